The molecule has 12 heteroatoms. The van der Waals surface area contributed by atoms with Gasteiger partial charge in [-0.1, -0.05) is 48.3 Å². The molecule has 1 aliphatic heterocycles. The van der Waals surface area contributed by atoms with Gasteiger partial charge in [-0.15, -0.1) is 0 Å². The monoisotopic (exact) mass is 598 g/mol. The molecule has 9 nitrogen and oxygen atoms in total. The highest BCUT2D eigenvalue weighted by atomic mass is 35.5. The minimum absolute atomic E-state index is 0.0404. The van der Waals surface area contributed by atoms with Crippen molar-refractivity contribution in [3.63, 3.8) is 0 Å². The Labute approximate surface area is 241 Å². The van der Waals surface area contributed by atoms with Gasteiger partial charge in [0.1, 0.15) is 0 Å². The van der Waals surface area contributed by atoms with Crippen LogP contribution in [-0.2, 0) is 26.1 Å². The first-order valence-electron chi connectivity index (χ1n) is 12.9. The van der Waals surface area contributed by atoms with E-state index in [0.29, 0.717) is 54.6 Å². The van der Waals surface area contributed by atoms with E-state index in [9.17, 15) is 18.0 Å². The Bertz CT molecular complexity index is 1200. The van der Waals surface area contributed by atoms with Crippen LogP contribution < -0.4 is 5.32 Å². The number of urea groups is 1. The number of methoxy groups -OCH3 is 1. The van der Waals surface area contributed by atoms with Gasteiger partial charge in [-0.25, -0.2) is 13.2 Å². The Hall–Kier alpha value is -2.37. The summed E-state index contributed by atoms with van der Waals surface area (Å²) in [5, 5.41) is 3.98. The van der Waals surface area contributed by atoms with E-state index in [-0.39, 0.29) is 43.4 Å². The molecule has 2 aromatic rings. The SMILES string of the molecule is CCCS(=O)(=O)N(CCOC)CC(=O)N(Cc1ccc(Cl)cc1)C1CCN(C(=O)Nc2cccc(Cl)c2)CC1. The molecule has 0 radical (unpaired) electrons. The number of carbonyl (C=O) groups is 2. The average molecular weight is 600 g/mol. The number of halogens is 2. The molecule has 3 rings (SSSR count). The zero-order valence-corrected chi connectivity index (χ0v) is 24.6. The van der Waals surface area contributed by atoms with Gasteiger partial charge in [-0.2, -0.15) is 4.31 Å². The third kappa shape index (κ3) is 9.36. The van der Waals surface area contributed by atoms with Crippen LogP contribution in [0.4, 0.5) is 10.5 Å². The summed E-state index contributed by atoms with van der Waals surface area (Å²) in [5.41, 5.74) is 1.49. The van der Waals surface area contributed by atoms with Crippen molar-refractivity contribution in [3.05, 3.63) is 64.1 Å². The number of benzene rings is 2. The lowest BCUT2D eigenvalue weighted by molar-refractivity contribution is -0.135. The molecule has 3 amide bonds. The van der Waals surface area contributed by atoms with Crippen LogP contribution in [0.2, 0.25) is 10.0 Å². The molecule has 0 aromatic heterocycles. The lowest BCUT2D eigenvalue weighted by Gasteiger charge is -2.39. The van der Waals surface area contributed by atoms with E-state index in [4.69, 9.17) is 27.9 Å². The highest BCUT2D eigenvalue weighted by Crippen LogP contribution is 2.23. The molecule has 0 unspecified atom stereocenters. The molecule has 1 fully saturated rings. The predicted molar refractivity (Wildman–Crippen MR) is 155 cm³/mol. The second-order valence-corrected chi connectivity index (χ2v) is 12.4. The molecule has 214 valence electrons. The van der Waals surface area contributed by atoms with Gasteiger partial charge in [0.15, 0.2) is 0 Å². The van der Waals surface area contributed by atoms with E-state index in [1.54, 1.807) is 53.1 Å². The van der Waals surface area contributed by atoms with E-state index in [0.717, 1.165) is 5.56 Å². The Morgan fingerprint density at radius 2 is 1.77 bits per heavy atom. The molecule has 0 aliphatic carbocycles. The summed E-state index contributed by atoms with van der Waals surface area (Å²) in [7, 11) is -2.12. The van der Waals surface area contributed by atoms with Gasteiger partial charge in [-0.3, -0.25) is 4.79 Å². The molecule has 1 aliphatic rings. The first kappa shape index (κ1) is 31.2. The van der Waals surface area contributed by atoms with Crippen molar-refractivity contribution < 1.29 is 22.7 Å². The predicted octanol–water partition coefficient (Wildman–Crippen LogP) is 4.71. The third-order valence-corrected chi connectivity index (χ3v) is 9.08. The number of hydrogen-bond donors (Lipinski definition) is 1. The van der Waals surface area contributed by atoms with Crippen LogP contribution in [0, 0.1) is 0 Å². The summed E-state index contributed by atoms with van der Waals surface area (Å²) < 4.78 is 32.1. The summed E-state index contributed by atoms with van der Waals surface area (Å²) in [6.07, 6.45) is 1.56. The number of carbonyl (C=O) groups excluding carboxylic acids is 2. The summed E-state index contributed by atoms with van der Waals surface area (Å²) >= 11 is 12.1. The van der Waals surface area contributed by atoms with Crippen LogP contribution in [0.15, 0.2) is 48.5 Å². The normalized spacial score (nSPS) is 14.4. The second-order valence-electron chi connectivity index (χ2n) is 9.45. The van der Waals surface area contributed by atoms with Crippen molar-refractivity contribution in [2.75, 3.05) is 51.0 Å². The minimum Gasteiger partial charge on any atom is -0.383 e. The zero-order chi connectivity index (χ0) is 28.4. The van der Waals surface area contributed by atoms with Crippen molar-refractivity contribution in [1.82, 2.24) is 14.1 Å². The van der Waals surface area contributed by atoms with Crippen LogP contribution >= 0.6 is 23.2 Å². The van der Waals surface area contributed by atoms with Gasteiger partial charge in [0.25, 0.3) is 0 Å². The van der Waals surface area contributed by atoms with Gasteiger partial charge < -0.3 is 19.9 Å². The fourth-order valence-electron chi connectivity index (χ4n) is 4.50. The Morgan fingerprint density at radius 1 is 1.08 bits per heavy atom. The number of piperidine rings is 1. The average Bonchev–Trinajstić information content (AvgIpc) is 2.90. The quantitative estimate of drug-likeness (QED) is 0.381. The summed E-state index contributed by atoms with van der Waals surface area (Å²) in [4.78, 5) is 29.9. The van der Waals surface area contributed by atoms with E-state index in [1.807, 2.05) is 12.1 Å². The molecule has 0 saturated carbocycles. The third-order valence-electron chi connectivity index (χ3n) is 6.57. The largest absolute Gasteiger partial charge is 0.383 e. The van der Waals surface area contributed by atoms with Gasteiger partial charge in [0.05, 0.1) is 18.9 Å². The Morgan fingerprint density at radius 3 is 2.38 bits per heavy atom. The van der Waals surface area contributed by atoms with Gasteiger partial charge >= 0.3 is 6.03 Å². The van der Waals surface area contributed by atoms with Crippen molar-refractivity contribution in [1.29, 1.82) is 0 Å². The fraction of sp³-hybridized carbons (Fsp3) is 0.481. The summed E-state index contributed by atoms with van der Waals surface area (Å²) in [5.74, 6) is -0.330. The molecule has 1 N–H and O–H groups in total. The lowest BCUT2D eigenvalue weighted by Crippen LogP contribution is -2.52. The van der Waals surface area contributed by atoms with Crippen LogP contribution in [-0.4, -0.2) is 86.2 Å². The zero-order valence-electron chi connectivity index (χ0n) is 22.3. The van der Waals surface area contributed by atoms with Crippen LogP contribution in [0.25, 0.3) is 0 Å². The molecular weight excluding hydrogens is 563 g/mol. The molecule has 1 saturated heterocycles. The molecule has 39 heavy (non-hydrogen) atoms. The minimum atomic E-state index is -3.62. The van der Waals surface area contributed by atoms with Crippen LogP contribution in [0.1, 0.15) is 31.7 Å². The Kier molecular flexibility index (Phi) is 11.9. The summed E-state index contributed by atoms with van der Waals surface area (Å²) in [6, 6.07) is 13.8. The molecule has 2 aromatic carbocycles. The van der Waals surface area contributed by atoms with Gasteiger partial charge in [0.2, 0.25) is 15.9 Å². The Balaban J connectivity index is 1.73. The van der Waals surface area contributed by atoms with E-state index in [1.165, 1.54) is 11.4 Å². The first-order chi connectivity index (χ1) is 18.6. The van der Waals surface area contributed by atoms with E-state index >= 15 is 0 Å². The number of ether oxygens (including phenoxy) is 1. The standard InChI is InChI=1S/C27H36Cl2N4O5S/c1-3-17-39(36,37)32(15-16-38-2)20-26(34)33(19-21-7-9-22(28)10-8-21)25-11-13-31(14-12-25)27(35)30-24-6-4-5-23(29)18-24/h4-10,18,25H,3,11-17,19-20H2,1-2H3,(H,30,35). The lowest BCUT2D eigenvalue weighted by atomic mass is 10.0. The number of anilines is 1. The highest BCUT2D eigenvalue weighted by Gasteiger charge is 2.32. The van der Waals surface area contributed by atoms with Crippen molar-refractivity contribution in [2.24, 2.45) is 0 Å². The maximum Gasteiger partial charge on any atom is 0.321 e. The van der Waals surface area contributed by atoms with Crippen LogP contribution in [0.5, 0.6) is 0 Å². The second kappa shape index (κ2) is 14.9. The maximum absolute atomic E-state index is 13.7. The first-order valence-corrected chi connectivity index (χ1v) is 15.3. The summed E-state index contributed by atoms with van der Waals surface area (Å²) in [6.45, 7) is 3.01. The smallest absolute Gasteiger partial charge is 0.321 e. The fourth-order valence-corrected chi connectivity index (χ4v) is 6.25. The number of likely N-dealkylation sites (tertiary alicyclic amines) is 1. The highest BCUT2D eigenvalue weighted by molar-refractivity contribution is 7.89. The topological polar surface area (TPSA) is 99.3 Å². The van der Waals surface area contributed by atoms with E-state index < -0.39 is 10.0 Å². The molecular formula is C27H36Cl2N4O5S. The molecule has 0 bridgehead atoms. The number of rotatable bonds is 12. The van der Waals surface area contributed by atoms with Crippen molar-refractivity contribution in [3.8, 4) is 0 Å². The van der Waals surface area contributed by atoms with Gasteiger partial charge in [-0.05, 0) is 55.2 Å². The number of nitrogens with zero attached hydrogens (tertiary/aromatic N) is 3. The molecule has 0 atom stereocenters. The van der Waals surface area contributed by atoms with Crippen molar-refractivity contribution in [2.45, 2.75) is 38.8 Å². The van der Waals surface area contributed by atoms with Crippen LogP contribution in [0.3, 0.4) is 0 Å². The molecule has 0 spiro atoms. The van der Waals surface area contributed by atoms with Crippen molar-refractivity contribution >= 4 is 50.9 Å². The number of nitrogens with one attached hydrogen (secondary N) is 1. The number of amides is 3. The number of sulfonamides is 1. The van der Waals surface area contributed by atoms with Gasteiger partial charge in [0, 0.05) is 55.1 Å². The van der Waals surface area contributed by atoms with E-state index in [2.05, 4.69) is 5.32 Å². The molecule has 1 heterocycles. The maximum atomic E-state index is 13.7. The number of hydrogen-bond acceptors (Lipinski definition) is 5.